The van der Waals surface area contributed by atoms with Gasteiger partial charge in [-0.25, -0.2) is 0 Å². The Hall–Kier alpha value is -1.88. The molecule has 3 atom stereocenters. The summed E-state index contributed by atoms with van der Waals surface area (Å²) < 4.78 is 7.64. The molecule has 3 aliphatic rings. The molecule has 4 heterocycles. The molecule has 0 aliphatic carbocycles. The number of hydrogen-bond donors (Lipinski definition) is 1. The quantitative estimate of drug-likeness (QED) is 0.843. The maximum absolute atomic E-state index is 12.6. The van der Waals surface area contributed by atoms with Gasteiger partial charge < -0.3 is 14.2 Å². The van der Waals surface area contributed by atoms with Crippen LogP contribution in [0.15, 0.2) is 41.2 Å². The fourth-order valence-corrected chi connectivity index (χ4v) is 5.67. The first kappa shape index (κ1) is 19.1. The number of benzene rings is 1. The molecular formula is C24H28ClN2O2+. The number of hydrogen-bond acceptors (Lipinski definition) is 2. The van der Waals surface area contributed by atoms with Crippen molar-refractivity contribution in [1.29, 1.82) is 0 Å². The van der Waals surface area contributed by atoms with Crippen molar-refractivity contribution in [3.05, 3.63) is 68.6 Å². The van der Waals surface area contributed by atoms with Crippen LogP contribution in [0, 0.1) is 5.92 Å². The summed E-state index contributed by atoms with van der Waals surface area (Å²) in [5.74, 6) is 1.06. The second kappa shape index (κ2) is 8.10. The van der Waals surface area contributed by atoms with Crippen LogP contribution in [-0.4, -0.2) is 36.9 Å². The molecule has 2 aromatic rings. The van der Waals surface area contributed by atoms with Gasteiger partial charge in [-0.15, -0.1) is 0 Å². The van der Waals surface area contributed by atoms with Gasteiger partial charge in [0.15, 0.2) is 0 Å². The molecular weight excluding hydrogens is 384 g/mol. The molecule has 1 aromatic heterocycles. The standard InChI is InChI=1S/C24H27ClN2O2/c25-21-6-2-17(3-7-21)1-4-19-5-8-23(28)27-15-18-13-20(24(19)27)16-26(14-18)22-9-11-29-12-10-22/h1-8,18,20,22H,9-16H2/p+1/b4-1+/t18-,20+/m0/s1. The first-order valence-electron chi connectivity index (χ1n) is 10.8. The van der Waals surface area contributed by atoms with Crippen molar-refractivity contribution in [1.82, 2.24) is 4.57 Å². The van der Waals surface area contributed by atoms with Crippen LogP contribution >= 0.6 is 11.6 Å². The monoisotopic (exact) mass is 411 g/mol. The minimum atomic E-state index is 0.146. The highest BCUT2D eigenvalue weighted by molar-refractivity contribution is 6.30. The summed E-state index contributed by atoms with van der Waals surface area (Å²) >= 11 is 6.00. The lowest BCUT2D eigenvalue weighted by atomic mass is 9.80. The number of nitrogens with zero attached hydrogens (tertiary/aromatic N) is 1. The molecule has 2 saturated heterocycles. The number of piperidine rings is 1. The fraction of sp³-hybridized carbons (Fsp3) is 0.458. The van der Waals surface area contributed by atoms with Crippen molar-refractivity contribution in [2.75, 3.05) is 26.3 Å². The summed E-state index contributed by atoms with van der Waals surface area (Å²) in [6.07, 6.45) is 7.82. The van der Waals surface area contributed by atoms with E-state index in [1.165, 1.54) is 37.1 Å². The Labute approximate surface area is 176 Å². The van der Waals surface area contributed by atoms with Crippen LogP contribution in [0.2, 0.25) is 5.02 Å². The van der Waals surface area contributed by atoms with E-state index in [1.807, 2.05) is 30.3 Å². The van der Waals surface area contributed by atoms with Crippen LogP contribution in [0.4, 0.5) is 0 Å². The number of rotatable bonds is 3. The molecule has 1 aromatic carbocycles. The molecule has 5 heteroatoms. The molecule has 2 fully saturated rings. The van der Waals surface area contributed by atoms with Gasteiger partial charge in [0.25, 0.3) is 5.56 Å². The molecule has 0 amide bonds. The highest BCUT2D eigenvalue weighted by Gasteiger charge is 2.41. The highest BCUT2D eigenvalue weighted by atomic mass is 35.5. The zero-order valence-corrected chi connectivity index (χ0v) is 17.4. The zero-order chi connectivity index (χ0) is 19.8. The summed E-state index contributed by atoms with van der Waals surface area (Å²) in [5, 5.41) is 0.746. The molecule has 0 spiro atoms. The number of pyridine rings is 1. The summed E-state index contributed by atoms with van der Waals surface area (Å²) in [4.78, 5) is 14.4. The predicted octanol–water partition coefficient (Wildman–Crippen LogP) is 2.85. The first-order valence-corrected chi connectivity index (χ1v) is 11.1. The van der Waals surface area contributed by atoms with Crippen LogP contribution in [-0.2, 0) is 11.3 Å². The van der Waals surface area contributed by atoms with Crippen LogP contribution < -0.4 is 10.5 Å². The van der Waals surface area contributed by atoms with E-state index in [9.17, 15) is 4.79 Å². The highest BCUT2D eigenvalue weighted by Crippen LogP contribution is 2.33. The number of aromatic nitrogens is 1. The molecule has 2 bridgehead atoms. The van der Waals surface area contributed by atoms with Gasteiger partial charge in [-0.2, -0.15) is 0 Å². The molecule has 0 saturated carbocycles. The third-order valence-corrected chi connectivity index (χ3v) is 7.14. The van der Waals surface area contributed by atoms with Crippen LogP contribution in [0.3, 0.4) is 0 Å². The Kier molecular flexibility index (Phi) is 5.33. The topological polar surface area (TPSA) is 35.7 Å². The Morgan fingerprint density at radius 2 is 1.83 bits per heavy atom. The van der Waals surface area contributed by atoms with E-state index in [0.29, 0.717) is 17.9 Å². The summed E-state index contributed by atoms with van der Waals surface area (Å²) in [7, 11) is 0. The van der Waals surface area contributed by atoms with Gasteiger partial charge >= 0.3 is 0 Å². The van der Waals surface area contributed by atoms with Gasteiger partial charge in [0.2, 0.25) is 0 Å². The summed E-state index contributed by atoms with van der Waals surface area (Å²) in [5.41, 5.74) is 3.68. The van der Waals surface area contributed by atoms with E-state index in [2.05, 4.69) is 16.7 Å². The lowest BCUT2D eigenvalue weighted by Crippen LogP contribution is -3.18. The molecule has 0 radical (unpaired) electrons. The normalized spacial score (nSPS) is 27.1. The van der Waals surface area contributed by atoms with Gasteiger partial charge in [0, 0.05) is 48.0 Å². The van der Waals surface area contributed by atoms with Gasteiger partial charge in [-0.3, -0.25) is 4.79 Å². The number of quaternary nitrogens is 1. The molecule has 29 heavy (non-hydrogen) atoms. The SMILES string of the molecule is O=c1ccc(/C=C/c2ccc(Cl)cc2)c2n1C[C@H]1C[C@@H]2C[NH+](C2CCOCC2)C1. The number of nitrogens with one attached hydrogen (secondary N) is 1. The van der Waals surface area contributed by atoms with Gasteiger partial charge in [0.05, 0.1) is 32.3 Å². The van der Waals surface area contributed by atoms with E-state index in [-0.39, 0.29) is 5.56 Å². The van der Waals surface area contributed by atoms with E-state index in [0.717, 1.165) is 36.9 Å². The molecule has 1 unspecified atom stereocenters. The second-order valence-electron chi connectivity index (χ2n) is 8.76. The molecule has 5 rings (SSSR count). The average molecular weight is 412 g/mol. The minimum absolute atomic E-state index is 0.146. The second-order valence-corrected chi connectivity index (χ2v) is 9.20. The van der Waals surface area contributed by atoms with E-state index < -0.39 is 0 Å². The van der Waals surface area contributed by atoms with Crippen molar-refractivity contribution in [3.63, 3.8) is 0 Å². The maximum atomic E-state index is 12.6. The smallest absolute Gasteiger partial charge is 0.250 e. The summed E-state index contributed by atoms with van der Waals surface area (Å²) in [6, 6.07) is 12.3. The predicted molar refractivity (Wildman–Crippen MR) is 116 cm³/mol. The molecule has 3 aliphatic heterocycles. The van der Waals surface area contributed by atoms with Gasteiger partial charge in [-0.05, 0) is 35.7 Å². The van der Waals surface area contributed by atoms with Gasteiger partial charge in [0.1, 0.15) is 0 Å². The van der Waals surface area contributed by atoms with Crippen molar-refractivity contribution in [3.8, 4) is 0 Å². The Morgan fingerprint density at radius 1 is 1.03 bits per heavy atom. The first-order chi connectivity index (χ1) is 14.2. The van der Waals surface area contributed by atoms with Crippen LogP contribution in [0.1, 0.15) is 42.0 Å². The Bertz CT molecular complexity index is 960. The van der Waals surface area contributed by atoms with Crippen molar-refractivity contribution in [2.45, 2.75) is 37.8 Å². The third-order valence-electron chi connectivity index (χ3n) is 6.89. The van der Waals surface area contributed by atoms with Crippen molar-refractivity contribution in [2.24, 2.45) is 5.92 Å². The van der Waals surface area contributed by atoms with Crippen molar-refractivity contribution >= 4 is 23.8 Å². The summed E-state index contributed by atoms with van der Waals surface area (Å²) in [6.45, 7) is 4.98. The van der Waals surface area contributed by atoms with Crippen LogP contribution in [0.25, 0.3) is 12.2 Å². The number of halogens is 1. The lowest BCUT2D eigenvalue weighted by molar-refractivity contribution is -0.937. The van der Waals surface area contributed by atoms with E-state index in [1.54, 1.807) is 11.0 Å². The van der Waals surface area contributed by atoms with E-state index in [4.69, 9.17) is 16.3 Å². The third kappa shape index (κ3) is 3.94. The van der Waals surface area contributed by atoms with Crippen molar-refractivity contribution < 1.29 is 9.64 Å². The minimum Gasteiger partial charge on any atom is -0.381 e. The molecule has 4 nitrogen and oxygen atoms in total. The molecule has 1 N–H and O–H groups in total. The van der Waals surface area contributed by atoms with Gasteiger partial charge in [-0.1, -0.05) is 35.9 Å². The Balaban J connectivity index is 1.45. The van der Waals surface area contributed by atoms with E-state index >= 15 is 0 Å². The maximum Gasteiger partial charge on any atom is 0.250 e. The van der Waals surface area contributed by atoms with Crippen LogP contribution in [0.5, 0.6) is 0 Å². The fourth-order valence-electron chi connectivity index (χ4n) is 5.54. The number of fused-ring (bicyclic) bond motifs is 4. The lowest BCUT2D eigenvalue weighted by Gasteiger charge is -2.44. The number of likely N-dealkylation sites (tertiary alicyclic amines) is 1. The average Bonchev–Trinajstić information content (AvgIpc) is 2.75. The number of ether oxygens (including phenoxy) is 1. The largest absolute Gasteiger partial charge is 0.381 e. The Morgan fingerprint density at radius 3 is 2.62 bits per heavy atom. The molecule has 152 valence electrons. The zero-order valence-electron chi connectivity index (χ0n) is 16.6.